The lowest BCUT2D eigenvalue weighted by Crippen LogP contribution is -2.07. The van der Waals surface area contributed by atoms with E-state index >= 15 is 0 Å². The Hall–Kier alpha value is -2.95. The van der Waals surface area contributed by atoms with Gasteiger partial charge in [0.25, 0.3) is 0 Å². The van der Waals surface area contributed by atoms with Crippen LogP contribution in [0, 0.1) is 5.82 Å². The Morgan fingerprint density at radius 3 is 2.55 bits per heavy atom. The number of halogens is 1. The van der Waals surface area contributed by atoms with E-state index in [1.165, 1.54) is 12.1 Å². The topological polar surface area (TPSA) is 47.9 Å². The molecule has 5 heteroatoms. The molecule has 2 aromatic carbocycles. The van der Waals surface area contributed by atoms with Crippen LogP contribution in [0.3, 0.4) is 0 Å². The van der Waals surface area contributed by atoms with Gasteiger partial charge in [-0.1, -0.05) is 24.3 Å². The van der Waals surface area contributed by atoms with E-state index in [2.05, 4.69) is 4.99 Å². The first-order chi connectivity index (χ1) is 10.7. The van der Waals surface area contributed by atoms with Gasteiger partial charge in [-0.2, -0.15) is 0 Å². The van der Waals surface area contributed by atoms with Crippen molar-refractivity contribution < 1.29 is 18.7 Å². The van der Waals surface area contributed by atoms with Crippen molar-refractivity contribution in [2.75, 3.05) is 7.11 Å². The van der Waals surface area contributed by atoms with E-state index in [0.717, 1.165) is 5.56 Å². The van der Waals surface area contributed by atoms with E-state index in [0.29, 0.717) is 5.75 Å². The van der Waals surface area contributed by atoms with Crippen LogP contribution in [-0.4, -0.2) is 19.0 Å². The van der Waals surface area contributed by atoms with Crippen LogP contribution < -0.4 is 4.74 Å². The van der Waals surface area contributed by atoms with Crippen LogP contribution in [0.2, 0.25) is 0 Å². The third kappa shape index (κ3) is 2.74. The molecule has 0 aromatic heterocycles. The third-order valence-corrected chi connectivity index (χ3v) is 3.14. The Balaban J connectivity index is 1.92. The monoisotopic (exact) mass is 297 g/mol. The molecule has 0 atom stereocenters. The zero-order chi connectivity index (χ0) is 15.5. The summed E-state index contributed by atoms with van der Waals surface area (Å²) < 4.78 is 23.8. The van der Waals surface area contributed by atoms with Crippen molar-refractivity contribution in [1.29, 1.82) is 0 Å². The smallest absolute Gasteiger partial charge is 0.363 e. The van der Waals surface area contributed by atoms with Gasteiger partial charge >= 0.3 is 5.97 Å². The zero-order valence-electron chi connectivity index (χ0n) is 11.7. The largest absolute Gasteiger partial charge is 0.497 e. The van der Waals surface area contributed by atoms with Crippen molar-refractivity contribution in [2.24, 2.45) is 4.99 Å². The van der Waals surface area contributed by atoms with Gasteiger partial charge in [-0.25, -0.2) is 14.2 Å². The molecule has 0 fully saturated rings. The molecule has 0 saturated carbocycles. The number of carbonyl (C=O) groups excluding carboxylic acids is 1. The number of aliphatic imine (C=N–C) groups is 1. The molecule has 2 aromatic rings. The van der Waals surface area contributed by atoms with Gasteiger partial charge in [-0.3, -0.25) is 0 Å². The average Bonchev–Trinajstić information content (AvgIpc) is 2.89. The van der Waals surface area contributed by atoms with Crippen LogP contribution in [0.5, 0.6) is 5.75 Å². The Bertz CT molecular complexity index is 779. The normalized spacial score (nSPS) is 15.6. The molecule has 0 saturated heterocycles. The molecule has 0 amide bonds. The van der Waals surface area contributed by atoms with Crippen LogP contribution in [0.15, 0.2) is 59.2 Å². The van der Waals surface area contributed by atoms with E-state index in [1.807, 2.05) is 0 Å². The molecule has 4 nitrogen and oxygen atoms in total. The standard InChI is InChI=1S/C17H12FNO3/c1-21-12-8-6-11(7-9-12)10-15-17(20)22-16(19-15)13-4-2-3-5-14(13)18/h2-10H,1H3. The fourth-order valence-electron chi connectivity index (χ4n) is 2.02. The highest BCUT2D eigenvalue weighted by Crippen LogP contribution is 2.21. The molecule has 0 spiro atoms. The Morgan fingerprint density at radius 1 is 1.14 bits per heavy atom. The second kappa shape index (κ2) is 5.81. The summed E-state index contributed by atoms with van der Waals surface area (Å²) in [5.41, 5.74) is 1.06. The summed E-state index contributed by atoms with van der Waals surface area (Å²) in [7, 11) is 1.58. The number of methoxy groups -OCH3 is 1. The van der Waals surface area contributed by atoms with E-state index < -0.39 is 11.8 Å². The molecular weight excluding hydrogens is 285 g/mol. The SMILES string of the molecule is COc1ccc(C=C2N=C(c3ccccc3F)OC2=O)cc1. The number of nitrogens with zero attached hydrogens (tertiary/aromatic N) is 1. The predicted molar refractivity (Wildman–Crippen MR) is 80.0 cm³/mol. The lowest BCUT2D eigenvalue weighted by atomic mass is 10.2. The number of rotatable bonds is 3. The summed E-state index contributed by atoms with van der Waals surface area (Å²) in [5.74, 6) is -0.400. The first kappa shape index (κ1) is 14.0. The van der Waals surface area contributed by atoms with Gasteiger partial charge in [-0.05, 0) is 35.9 Å². The fourth-order valence-corrected chi connectivity index (χ4v) is 2.02. The second-order valence-corrected chi connectivity index (χ2v) is 4.59. The van der Waals surface area contributed by atoms with Gasteiger partial charge < -0.3 is 9.47 Å². The molecule has 0 unspecified atom stereocenters. The fraction of sp³-hybridized carbons (Fsp3) is 0.0588. The summed E-state index contributed by atoms with van der Waals surface area (Å²) >= 11 is 0. The zero-order valence-corrected chi connectivity index (χ0v) is 11.7. The van der Waals surface area contributed by atoms with Crippen LogP contribution in [-0.2, 0) is 9.53 Å². The molecule has 110 valence electrons. The van der Waals surface area contributed by atoms with E-state index in [1.54, 1.807) is 49.6 Å². The summed E-state index contributed by atoms with van der Waals surface area (Å²) in [5, 5.41) is 0. The molecule has 0 radical (unpaired) electrons. The van der Waals surface area contributed by atoms with Crippen molar-refractivity contribution in [3.8, 4) is 5.75 Å². The van der Waals surface area contributed by atoms with Gasteiger partial charge in [0, 0.05) is 0 Å². The van der Waals surface area contributed by atoms with E-state index in [-0.39, 0.29) is 17.2 Å². The summed E-state index contributed by atoms with van der Waals surface area (Å²) in [4.78, 5) is 15.9. The first-order valence-corrected chi connectivity index (χ1v) is 6.59. The van der Waals surface area contributed by atoms with Crippen LogP contribution >= 0.6 is 0 Å². The quantitative estimate of drug-likeness (QED) is 0.646. The van der Waals surface area contributed by atoms with Gasteiger partial charge in [-0.15, -0.1) is 0 Å². The Labute approximate surface area is 126 Å². The van der Waals surface area contributed by atoms with Gasteiger partial charge in [0.2, 0.25) is 5.90 Å². The van der Waals surface area contributed by atoms with Crippen molar-refractivity contribution in [1.82, 2.24) is 0 Å². The summed E-state index contributed by atoms with van der Waals surface area (Å²) in [6.45, 7) is 0. The lowest BCUT2D eigenvalue weighted by molar-refractivity contribution is -0.129. The number of benzene rings is 2. The summed E-state index contributed by atoms with van der Waals surface area (Å²) in [6, 6.07) is 13.1. The molecular formula is C17H12FNO3. The minimum Gasteiger partial charge on any atom is -0.497 e. The van der Waals surface area contributed by atoms with Crippen LogP contribution in [0.4, 0.5) is 4.39 Å². The highest BCUT2D eigenvalue weighted by molar-refractivity contribution is 6.12. The maximum atomic E-state index is 13.7. The van der Waals surface area contributed by atoms with Crippen molar-refractivity contribution in [3.05, 3.63) is 71.2 Å². The minimum absolute atomic E-state index is 0.0251. The molecule has 0 bridgehead atoms. The Morgan fingerprint density at radius 2 is 1.86 bits per heavy atom. The number of ether oxygens (including phenoxy) is 2. The van der Waals surface area contributed by atoms with Crippen LogP contribution in [0.25, 0.3) is 6.08 Å². The lowest BCUT2D eigenvalue weighted by Gasteiger charge is -1.99. The minimum atomic E-state index is -0.603. The third-order valence-electron chi connectivity index (χ3n) is 3.14. The van der Waals surface area contributed by atoms with E-state index in [4.69, 9.17) is 9.47 Å². The average molecular weight is 297 g/mol. The maximum absolute atomic E-state index is 13.7. The molecule has 22 heavy (non-hydrogen) atoms. The number of hydrogen-bond acceptors (Lipinski definition) is 4. The van der Waals surface area contributed by atoms with Crippen molar-refractivity contribution in [2.45, 2.75) is 0 Å². The number of hydrogen-bond donors (Lipinski definition) is 0. The maximum Gasteiger partial charge on any atom is 0.363 e. The predicted octanol–water partition coefficient (Wildman–Crippen LogP) is 3.18. The molecule has 0 N–H and O–H groups in total. The Kier molecular flexibility index (Phi) is 3.70. The number of esters is 1. The van der Waals surface area contributed by atoms with E-state index in [9.17, 15) is 9.18 Å². The first-order valence-electron chi connectivity index (χ1n) is 6.59. The van der Waals surface area contributed by atoms with Crippen LogP contribution in [0.1, 0.15) is 11.1 Å². The molecule has 1 heterocycles. The molecule has 0 aliphatic carbocycles. The van der Waals surface area contributed by atoms with Gasteiger partial charge in [0.1, 0.15) is 11.6 Å². The number of cyclic esters (lactones) is 1. The van der Waals surface area contributed by atoms with Gasteiger partial charge in [0.05, 0.1) is 12.7 Å². The molecule has 3 rings (SSSR count). The second-order valence-electron chi connectivity index (χ2n) is 4.59. The van der Waals surface area contributed by atoms with Crippen molar-refractivity contribution >= 4 is 17.9 Å². The van der Waals surface area contributed by atoms with Crippen molar-refractivity contribution in [3.63, 3.8) is 0 Å². The highest BCUT2D eigenvalue weighted by Gasteiger charge is 2.25. The number of carbonyl (C=O) groups is 1. The molecule has 1 aliphatic rings. The highest BCUT2D eigenvalue weighted by atomic mass is 19.1. The summed E-state index contributed by atoms with van der Waals surface area (Å²) in [6.07, 6.45) is 1.58. The molecule has 1 aliphatic heterocycles. The van der Waals surface area contributed by atoms with Gasteiger partial charge in [0.15, 0.2) is 5.70 Å².